The monoisotopic (exact) mass is 284 g/mol. The molecule has 0 unspecified atom stereocenters. The maximum atomic E-state index is 11.5. The number of hydrogen-bond acceptors (Lipinski definition) is 4. The average molecular weight is 285 g/mol. The third-order valence-corrected chi connectivity index (χ3v) is 4.26. The van der Waals surface area contributed by atoms with Crippen LogP contribution in [0.1, 0.15) is 26.2 Å². The van der Waals surface area contributed by atoms with Crippen LogP contribution in [0, 0.1) is 0 Å². The van der Waals surface area contributed by atoms with Gasteiger partial charge in [-0.1, -0.05) is 6.92 Å². The van der Waals surface area contributed by atoms with Crippen LogP contribution >= 0.6 is 12.4 Å². The highest BCUT2D eigenvalue weighted by molar-refractivity contribution is 7.92. The van der Waals surface area contributed by atoms with Crippen LogP contribution in [0.25, 0.3) is 0 Å². The average Bonchev–Trinajstić information content (AvgIpc) is 2.17. The number of sulfone groups is 1. The fourth-order valence-corrected chi connectivity index (χ4v) is 3.08. The van der Waals surface area contributed by atoms with Crippen LogP contribution in [0.2, 0.25) is 0 Å². The molecule has 1 rings (SSSR count). The molecule has 1 aliphatic rings. The molecular weight excluding hydrogens is 264 g/mol. The van der Waals surface area contributed by atoms with E-state index in [1.807, 2.05) is 0 Å². The van der Waals surface area contributed by atoms with Crippen LogP contribution in [0.4, 0.5) is 0 Å². The lowest BCUT2D eigenvalue weighted by molar-refractivity contribution is -0.119. The highest BCUT2D eigenvalue weighted by Gasteiger charge is 2.19. The third kappa shape index (κ3) is 6.85. The Morgan fingerprint density at radius 1 is 1.47 bits per heavy atom. The van der Waals surface area contributed by atoms with Gasteiger partial charge in [0.1, 0.15) is 5.75 Å². The molecule has 0 bridgehead atoms. The number of amides is 1. The lowest BCUT2D eigenvalue weighted by Crippen LogP contribution is -2.47. The van der Waals surface area contributed by atoms with Gasteiger partial charge in [0.05, 0.1) is 5.75 Å². The second-order valence-corrected chi connectivity index (χ2v) is 6.39. The zero-order valence-electron chi connectivity index (χ0n) is 10.1. The summed E-state index contributed by atoms with van der Waals surface area (Å²) >= 11 is 0. The van der Waals surface area contributed by atoms with Gasteiger partial charge in [0.2, 0.25) is 5.91 Å². The van der Waals surface area contributed by atoms with Gasteiger partial charge in [0.25, 0.3) is 0 Å². The summed E-state index contributed by atoms with van der Waals surface area (Å²) < 4.78 is 22.8. The zero-order chi connectivity index (χ0) is 12.0. The normalized spacial score (nSPS) is 20.4. The number of carbonyl (C=O) groups excluding carboxylic acids is 1. The number of carbonyl (C=O) groups is 1. The van der Waals surface area contributed by atoms with Gasteiger partial charge in [-0.25, -0.2) is 8.42 Å². The molecule has 0 radical (unpaired) electrons. The van der Waals surface area contributed by atoms with E-state index < -0.39 is 9.84 Å². The first-order chi connectivity index (χ1) is 7.53. The summed E-state index contributed by atoms with van der Waals surface area (Å²) in [5.41, 5.74) is 0. The second-order valence-electron chi connectivity index (χ2n) is 4.20. The Hall–Kier alpha value is -0.330. The van der Waals surface area contributed by atoms with Crippen molar-refractivity contribution in [2.45, 2.75) is 32.2 Å². The van der Waals surface area contributed by atoms with Crippen LogP contribution in [0.5, 0.6) is 0 Å². The Morgan fingerprint density at radius 3 is 2.71 bits per heavy atom. The number of halogens is 1. The van der Waals surface area contributed by atoms with E-state index in [-0.39, 0.29) is 35.9 Å². The summed E-state index contributed by atoms with van der Waals surface area (Å²) in [6.07, 6.45) is 2.50. The quantitative estimate of drug-likeness (QED) is 0.751. The fraction of sp³-hybridized carbons (Fsp3) is 0.900. The lowest BCUT2D eigenvalue weighted by atomic mass is 10.1. The van der Waals surface area contributed by atoms with E-state index in [0.29, 0.717) is 6.42 Å². The topological polar surface area (TPSA) is 75.3 Å². The van der Waals surface area contributed by atoms with E-state index in [2.05, 4.69) is 10.6 Å². The minimum absolute atomic E-state index is 0. The molecule has 102 valence electrons. The summed E-state index contributed by atoms with van der Waals surface area (Å²) in [5.74, 6) is -0.664. The number of nitrogens with one attached hydrogen (secondary N) is 2. The van der Waals surface area contributed by atoms with Gasteiger partial charge in [-0.2, -0.15) is 0 Å². The highest BCUT2D eigenvalue weighted by atomic mass is 35.5. The van der Waals surface area contributed by atoms with Gasteiger partial charge in [-0.05, 0) is 25.8 Å². The summed E-state index contributed by atoms with van der Waals surface area (Å²) in [6, 6.07) is 0.0816. The number of rotatable bonds is 5. The van der Waals surface area contributed by atoms with Crippen LogP contribution in [0.15, 0.2) is 0 Å². The molecule has 0 aromatic heterocycles. The van der Waals surface area contributed by atoms with Crippen molar-refractivity contribution in [3.63, 3.8) is 0 Å². The van der Waals surface area contributed by atoms with Gasteiger partial charge < -0.3 is 10.6 Å². The predicted octanol–water partition coefficient (Wildman–Crippen LogP) is 0.101. The van der Waals surface area contributed by atoms with E-state index in [0.717, 1.165) is 25.9 Å². The molecule has 1 heterocycles. The van der Waals surface area contributed by atoms with Crippen LogP contribution in [0.3, 0.4) is 0 Å². The molecule has 17 heavy (non-hydrogen) atoms. The van der Waals surface area contributed by atoms with Gasteiger partial charge in [0.15, 0.2) is 9.84 Å². The van der Waals surface area contributed by atoms with Crippen LogP contribution < -0.4 is 10.6 Å². The number of piperidine rings is 1. The summed E-state index contributed by atoms with van der Waals surface area (Å²) in [7, 11) is -3.21. The van der Waals surface area contributed by atoms with Gasteiger partial charge in [-0.3, -0.25) is 4.79 Å². The van der Waals surface area contributed by atoms with Crippen LogP contribution in [-0.2, 0) is 14.6 Å². The molecule has 7 heteroatoms. The van der Waals surface area contributed by atoms with E-state index in [1.54, 1.807) is 6.92 Å². The minimum Gasteiger partial charge on any atom is -0.351 e. The molecule has 2 N–H and O–H groups in total. The zero-order valence-corrected chi connectivity index (χ0v) is 11.7. The van der Waals surface area contributed by atoms with E-state index in [1.165, 1.54) is 0 Å². The van der Waals surface area contributed by atoms with Crippen LogP contribution in [-0.4, -0.2) is 45.0 Å². The Kier molecular flexibility index (Phi) is 7.74. The van der Waals surface area contributed by atoms with Crippen molar-refractivity contribution in [3.8, 4) is 0 Å². The van der Waals surface area contributed by atoms with Crippen molar-refractivity contribution < 1.29 is 13.2 Å². The molecule has 1 amide bonds. The Morgan fingerprint density at radius 2 is 2.18 bits per heavy atom. The molecule has 0 aromatic carbocycles. The minimum atomic E-state index is -3.21. The Labute approximate surface area is 109 Å². The van der Waals surface area contributed by atoms with Gasteiger partial charge in [-0.15, -0.1) is 12.4 Å². The Balaban J connectivity index is 0.00000256. The molecule has 5 nitrogen and oxygen atoms in total. The summed E-state index contributed by atoms with van der Waals surface area (Å²) in [5, 5.41) is 5.92. The molecule has 0 aliphatic carbocycles. The maximum Gasteiger partial charge on any atom is 0.235 e. The van der Waals surface area contributed by atoms with Crippen molar-refractivity contribution in [1.29, 1.82) is 0 Å². The lowest BCUT2D eigenvalue weighted by Gasteiger charge is -2.23. The van der Waals surface area contributed by atoms with Gasteiger partial charge >= 0.3 is 0 Å². The van der Waals surface area contributed by atoms with Crippen molar-refractivity contribution in [2.75, 3.05) is 24.6 Å². The van der Waals surface area contributed by atoms with Crippen molar-refractivity contribution in [1.82, 2.24) is 10.6 Å². The molecule has 1 aliphatic heterocycles. The maximum absolute atomic E-state index is 11.5. The first-order valence-electron chi connectivity index (χ1n) is 5.74. The van der Waals surface area contributed by atoms with E-state index >= 15 is 0 Å². The summed E-state index contributed by atoms with van der Waals surface area (Å²) in [6.45, 7) is 3.50. The Bertz CT molecular complexity index is 326. The molecule has 0 spiro atoms. The van der Waals surface area contributed by atoms with Crippen molar-refractivity contribution in [3.05, 3.63) is 0 Å². The molecule has 0 saturated carbocycles. The van der Waals surface area contributed by atoms with Crippen molar-refractivity contribution >= 4 is 28.2 Å². The molecule has 1 saturated heterocycles. The SMILES string of the molecule is CCCS(=O)(=O)CC(=O)N[C@H]1CCCNC1.Cl. The van der Waals surface area contributed by atoms with Crippen molar-refractivity contribution in [2.24, 2.45) is 0 Å². The first kappa shape index (κ1) is 16.7. The fourth-order valence-electron chi connectivity index (χ4n) is 1.83. The van der Waals surface area contributed by atoms with Gasteiger partial charge in [0, 0.05) is 12.6 Å². The molecule has 0 aromatic rings. The molecule has 1 atom stereocenters. The highest BCUT2D eigenvalue weighted by Crippen LogP contribution is 2.01. The predicted molar refractivity (Wildman–Crippen MR) is 70.2 cm³/mol. The molecular formula is C10H21ClN2O3S. The standard InChI is InChI=1S/C10H20N2O3S.ClH/c1-2-6-16(14,15)8-10(13)12-9-4-3-5-11-7-9;/h9,11H,2-8H2,1H3,(H,12,13);1H/t9-;/m0./s1. The molecule has 1 fully saturated rings. The first-order valence-corrected chi connectivity index (χ1v) is 7.56. The largest absolute Gasteiger partial charge is 0.351 e. The number of hydrogen-bond donors (Lipinski definition) is 2. The smallest absolute Gasteiger partial charge is 0.235 e. The second kappa shape index (κ2) is 7.89. The van der Waals surface area contributed by atoms with E-state index in [4.69, 9.17) is 0 Å². The summed E-state index contributed by atoms with van der Waals surface area (Å²) in [4.78, 5) is 11.5. The third-order valence-electron chi connectivity index (χ3n) is 2.53. The van der Waals surface area contributed by atoms with E-state index in [9.17, 15) is 13.2 Å².